The van der Waals surface area contributed by atoms with Crippen molar-refractivity contribution in [3.05, 3.63) is 0 Å². The van der Waals surface area contributed by atoms with Crippen LogP contribution in [0.3, 0.4) is 0 Å². The molecule has 0 aliphatic carbocycles. The molecule has 0 radical (unpaired) electrons. The van der Waals surface area contributed by atoms with Crippen LogP contribution in [0.25, 0.3) is 0 Å². The molecule has 0 saturated carbocycles. The molecule has 1 aliphatic heterocycles. The van der Waals surface area contributed by atoms with E-state index in [4.69, 9.17) is 4.74 Å². The Morgan fingerprint density at radius 2 is 2.27 bits per heavy atom. The molecule has 1 heterocycles. The zero-order chi connectivity index (χ0) is 8.48. The first kappa shape index (κ1) is 8.87. The van der Waals surface area contributed by atoms with Gasteiger partial charge in [0.15, 0.2) is 0 Å². The van der Waals surface area contributed by atoms with Gasteiger partial charge in [0.25, 0.3) is 6.43 Å². The largest absolute Gasteiger partial charge is 0.376 e. The standard InChI is InChI=1S/C7H13F2NO/c1-5-7(10-2,6(8)9)3-4-11-5/h5-6,10H,3-4H2,1-2H3. The van der Waals surface area contributed by atoms with Gasteiger partial charge in [-0.25, -0.2) is 8.78 Å². The quantitative estimate of drug-likeness (QED) is 0.659. The van der Waals surface area contributed by atoms with Crippen molar-refractivity contribution in [3.63, 3.8) is 0 Å². The van der Waals surface area contributed by atoms with Gasteiger partial charge < -0.3 is 10.1 Å². The molecule has 0 bridgehead atoms. The SMILES string of the molecule is CNC1(C(F)F)CCOC1C. The van der Waals surface area contributed by atoms with Gasteiger partial charge in [-0.2, -0.15) is 0 Å². The van der Waals surface area contributed by atoms with E-state index >= 15 is 0 Å². The Bertz CT molecular complexity index is 142. The summed E-state index contributed by atoms with van der Waals surface area (Å²) in [6.07, 6.45) is -2.36. The molecule has 2 unspecified atom stereocenters. The van der Waals surface area contributed by atoms with E-state index in [0.717, 1.165) is 0 Å². The average molecular weight is 165 g/mol. The summed E-state index contributed by atoms with van der Waals surface area (Å²) in [5.74, 6) is 0. The fourth-order valence-electron chi connectivity index (χ4n) is 1.48. The van der Waals surface area contributed by atoms with Crippen LogP contribution in [0.5, 0.6) is 0 Å². The number of alkyl halides is 2. The first-order valence-corrected chi connectivity index (χ1v) is 3.72. The van der Waals surface area contributed by atoms with Crippen molar-refractivity contribution < 1.29 is 13.5 Å². The molecule has 0 amide bonds. The highest BCUT2D eigenvalue weighted by Crippen LogP contribution is 2.31. The summed E-state index contributed by atoms with van der Waals surface area (Å²) in [5, 5.41) is 2.65. The van der Waals surface area contributed by atoms with Gasteiger partial charge in [0.2, 0.25) is 0 Å². The van der Waals surface area contributed by atoms with Crippen LogP contribution < -0.4 is 5.32 Å². The van der Waals surface area contributed by atoms with Crippen molar-refractivity contribution in [1.29, 1.82) is 0 Å². The van der Waals surface area contributed by atoms with Crippen molar-refractivity contribution in [3.8, 4) is 0 Å². The van der Waals surface area contributed by atoms with E-state index in [1.54, 1.807) is 14.0 Å². The van der Waals surface area contributed by atoms with Crippen LogP contribution >= 0.6 is 0 Å². The van der Waals surface area contributed by atoms with E-state index in [-0.39, 0.29) is 0 Å². The Hall–Kier alpha value is -0.220. The molecular weight excluding hydrogens is 152 g/mol. The topological polar surface area (TPSA) is 21.3 Å². The molecule has 1 rings (SSSR count). The molecule has 4 heteroatoms. The number of hydrogen-bond donors (Lipinski definition) is 1. The summed E-state index contributed by atoms with van der Waals surface area (Å²) >= 11 is 0. The van der Waals surface area contributed by atoms with Gasteiger partial charge in [-0.3, -0.25) is 0 Å². The summed E-state index contributed by atoms with van der Waals surface area (Å²) in [5.41, 5.74) is -1.11. The van der Waals surface area contributed by atoms with Gasteiger partial charge in [0.05, 0.1) is 6.10 Å². The number of halogens is 2. The lowest BCUT2D eigenvalue weighted by Gasteiger charge is -2.30. The third kappa shape index (κ3) is 1.25. The molecule has 1 fully saturated rings. The monoisotopic (exact) mass is 165 g/mol. The molecule has 0 spiro atoms. The van der Waals surface area contributed by atoms with E-state index in [9.17, 15) is 8.78 Å². The van der Waals surface area contributed by atoms with Crippen LogP contribution in [0.2, 0.25) is 0 Å². The molecule has 11 heavy (non-hydrogen) atoms. The van der Waals surface area contributed by atoms with Crippen LogP contribution in [-0.2, 0) is 4.74 Å². The highest BCUT2D eigenvalue weighted by Gasteiger charge is 2.47. The molecule has 1 aliphatic rings. The van der Waals surface area contributed by atoms with Crippen LogP contribution in [0, 0.1) is 0 Å². The maximum atomic E-state index is 12.5. The smallest absolute Gasteiger partial charge is 0.259 e. The first-order valence-electron chi connectivity index (χ1n) is 3.72. The zero-order valence-corrected chi connectivity index (χ0v) is 6.73. The normalized spacial score (nSPS) is 38.5. The van der Waals surface area contributed by atoms with E-state index in [2.05, 4.69) is 5.32 Å². The highest BCUT2D eigenvalue weighted by molar-refractivity contribution is 4.98. The number of nitrogens with one attached hydrogen (secondary N) is 1. The van der Waals surface area contributed by atoms with E-state index in [1.807, 2.05) is 0 Å². The van der Waals surface area contributed by atoms with Crippen molar-refractivity contribution in [2.24, 2.45) is 0 Å². The summed E-state index contributed by atoms with van der Waals surface area (Å²) in [4.78, 5) is 0. The van der Waals surface area contributed by atoms with Gasteiger partial charge in [-0.15, -0.1) is 0 Å². The van der Waals surface area contributed by atoms with Gasteiger partial charge in [0, 0.05) is 6.61 Å². The Balaban J connectivity index is 2.73. The van der Waals surface area contributed by atoms with Crippen LogP contribution in [0.4, 0.5) is 8.78 Å². The Kier molecular flexibility index (Phi) is 2.44. The minimum atomic E-state index is -2.36. The van der Waals surface area contributed by atoms with Crippen molar-refractivity contribution in [1.82, 2.24) is 5.32 Å². The number of likely N-dealkylation sites (N-methyl/N-ethyl adjacent to an activating group) is 1. The number of rotatable bonds is 2. The molecule has 0 aromatic heterocycles. The fraction of sp³-hybridized carbons (Fsp3) is 1.00. The molecule has 1 saturated heterocycles. The minimum Gasteiger partial charge on any atom is -0.376 e. The third-order valence-electron chi connectivity index (χ3n) is 2.46. The van der Waals surface area contributed by atoms with Gasteiger partial charge in [-0.1, -0.05) is 0 Å². The van der Waals surface area contributed by atoms with Crippen LogP contribution in [-0.4, -0.2) is 31.7 Å². The summed E-state index contributed by atoms with van der Waals surface area (Å²) in [6, 6.07) is 0. The minimum absolute atomic E-state index is 0.391. The molecule has 0 aromatic carbocycles. The second kappa shape index (κ2) is 3.03. The molecule has 1 N–H and O–H groups in total. The van der Waals surface area contributed by atoms with Gasteiger partial charge in [-0.05, 0) is 20.4 Å². The summed E-state index contributed by atoms with van der Waals surface area (Å²) < 4.78 is 30.1. The zero-order valence-electron chi connectivity index (χ0n) is 6.73. The van der Waals surface area contributed by atoms with Gasteiger partial charge >= 0.3 is 0 Å². The van der Waals surface area contributed by atoms with Crippen molar-refractivity contribution in [2.45, 2.75) is 31.4 Å². The Labute approximate surface area is 64.9 Å². The lowest BCUT2D eigenvalue weighted by molar-refractivity contribution is -0.0123. The molecule has 0 aromatic rings. The van der Waals surface area contributed by atoms with Crippen LogP contribution in [0.1, 0.15) is 13.3 Å². The van der Waals surface area contributed by atoms with E-state index in [0.29, 0.717) is 13.0 Å². The molecule has 2 nitrogen and oxygen atoms in total. The van der Waals surface area contributed by atoms with Gasteiger partial charge in [0.1, 0.15) is 5.54 Å². The van der Waals surface area contributed by atoms with E-state index < -0.39 is 18.1 Å². The predicted octanol–water partition coefficient (Wildman–Crippen LogP) is 1.02. The maximum absolute atomic E-state index is 12.5. The Morgan fingerprint density at radius 1 is 1.64 bits per heavy atom. The molecular formula is C7H13F2NO. The highest BCUT2D eigenvalue weighted by atomic mass is 19.3. The number of hydrogen-bond acceptors (Lipinski definition) is 2. The fourth-order valence-corrected chi connectivity index (χ4v) is 1.48. The van der Waals surface area contributed by atoms with Crippen molar-refractivity contribution in [2.75, 3.05) is 13.7 Å². The van der Waals surface area contributed by atoms with Crippen LogP contribution in [0.15, 0.2) is 0 Å². The lowest BCUT2D eigenvalue weighted by atomic mass is 9.93. The lowest BCUT2D eigenvalue weighted by Crippen LogP contribution is -2.54. The molecule has 2 atom stereocenters. The summed E-state index contributed by atoms with van der Waals surface area (Å²) in [7, 11) is 1.55. The third-order valence-corrected chi connectivity index (χ3v) is 2.46. The van der Waals surface area contributed by atoms with Crippen molar-refractivity contribution >= 4 is 0 Å². The molecule has 66 valence electrons. The second-order valence-corrected chi connectivity index (χ2v) is 2.85. The second-order valence-electron chi connectivity index (χ2n) is 2.85. The Morgan fingerprint density at radius 3 is 2.45 bits per heavy atom. The maximum Gasteiger partial charge on any atom is 0.259 e. The summed E-state index contributed by atoms with van der Waals surface area (Å²) in [6.45, 7) is 2.10. The van der Waals surface area contributed by atoms with E-state index in [1.165, 1.54) is 0 Å². The average Bonchev–Trinajstić information content (AvgIpc) is 2.32. The first-order chi connectivity index (χ1) is 5.13. The number of ether oxygens (including phenoxy) is 1. The predicted molar refractivity (Wildman–Crippen MR) is 37.8 cm³/mol.